The standard InChI is InChI=1S/C22H38N6O3S2/c1-2-33(30,31)27-14-12-26(13-15-27)17-20-16-24-21(32-20)25-22(29)28(18-6-4-3-5-7-18)19-8-10-23-11-9-19/h16,18-19,23H,2-15,17H2,1H3,(H,24,25,29). The van der Waals surface area contributed by atoms with Gasteiger partial charge in [-0.15, -0.1) is 11.3 Å². The average molecular weight is 499 g/mol. The third kappa shape index (κ3) is 6.45. The van der Waals surface area contributed by atoms with Crippen LogP contribution in [0.2, 0.25) is 0 Å². The molecule has 1 aromatic rings. The molecule has 2 saturated heterocycles. The summed E-state index contributed by atoms with van der Waals surface area (Å²) in [5.41, 5.74) is 0. The largest absolute Gasteiger partial charge is 0.324 e. The fourth-order valence-electron chi connectivity index (χ4n) is 5.24. The summed E-state index contributed by atoms with van der Waals surface area (Å²) >= 11 is 1.52. The Hall–Kier alpha value is -1.27. The van der Waals surface area contributed by atoms with Gasteiger partial charge in [0, 0.05) is 55.9 Å². The molecular weight excluding hydrogens is 460 g/mol. The monoisotopic (exact) mass is 498 g/mol. The number of thiazole rings is 1. The second kappa shape index (κ2) is 11.4. The topological polar surface area (TPSA) is 97.9 Å². The molecule has 3 fully saturated rings. The SMILES string of the molecule is CCS(=O)(=O)N1CCN(Cc2cnc(NC(=O)N(C3CCCCC3)C3CCNCC3)s2)CC1. The number of rotatable bonds is 7. The van der Waals surface area contributed by atoms with Crippen molar-refractivity contribution in [1.82, 2.24) is 24.4 Å². The second-order valence-electron chi connectivity index (χ2n) is 9.32. The van der Waals surface area contributed by atoms with Gasteiger partial charge >= 0.3 is 6.03 Å². The van der Waals surface area contributed by atoms with Gasteiger partial charge in [-0.1, -0.05) is 19.3 Å². The van der Waals surface area contributed by atoms with E-state index in [4.69, 9.17) is 0 Å². The minimum Gasteiger partial charge on any atom is -0.318 e. The van der Waals surface area contributed by atoms with Crippen LogP contribution in [0.15, 0.2) is 6.20 Å². The van der Waals surface area contributed by atoms with Crippen LogP contribution in [-0.2, 0) is 16.6 Å². The molecule has 2 aliphatic heterocycles. The number of anilines is 1. The van der Waals surface area contributed by atoms with E-state index in [-0.39, 0.29) is 11.8 Å². The van der Waals surface area contributed by atoms with Gasteiger partial charge in [0.1, 0.15) is 0 Å². The van der Waals surface area contributed by atoms with Crippen molar-refractivity contribution in [3.8, 4) is 0 Å². The Morgan fingerprint density at radius 2 is 1.79 bits per heavy atom. The zero-order chi connectivity index (χ0) is 23.3. The lowest BCUT2D eigenvalue weighted by Crippen LogP contribution is -2.53. The van der Waals surface area contributed by atoms with Crippen LogP contribution >= 0.6 is 11.3 Å². The number of hydrogen-bond donors (Lipinski definition) is 2. The Balaban J connectivity index is 1.33. The fourth-order valence-corrected chi connectivity index (χ4v) is 7.17. The van der Waals surface area contributed by atoms with Gasteiger partial charge in [0.25, 0.3) is 0 Å². The van der Waals surface area contributed by atoms with Crippen LogP contribution in [0.4, 0.5) is 9.93 Å². The molecule has 0 atom stereocenters. The second-order valence-corrected chi connectivity index (χ2v) is 12.7. The van der Waals surface area contributed by atoms with Crippen molar-refractivity contribution < 1.29 is 13.2 Å². The Bertz CT molecular complexity index is 854. The lowest BCUT2D eigenvalue weighted by Gasteiger charge is -2.41. The van der Waals surface area contributed by atoms with Crippen molar-refractivity contribution in [1.29, 1.82) is 0 Å². The Labute approximate surface area is 202 Å². The number of piperazine rings is 1. The summed E-state index contributed by atoms with van der Waals surface area (Å²) in [4.78, 5) is 23.3. The summed E-state index contributed by atoms with van der Waals surface area (Å²) in [6, 6.07) is 0.620. The van der Waals surface area contributed by atoms with Crippen LogP contribution in [0.1, 0.15) is 56.7 Å². The minimum atomic E-state index is -3.11. The molecule has 0 unspecified atom stereocenters. The highest BCUT2D eigenvalue weighted by atomic mass is 32.2. The number of nitrogens with zero attached hydrogens (tertiary/aromatic N) is 4. The van der Waals surface area contributed by atoms with Crippen LogP contribution in [0.3, 0.4) is 0 Å². The molecule has 0 bridgehead atoms. The summed E-state index contributed by atoms with van der Waals surface area (Å²) in [6.07, 6.45) is 9.72. The molecule has 9 nitrogen and oxygen atoms in total. The highest BCUT2D eigenvalue weighted by Crippen LogP contribution is 2.28. The maximum atomic E-state index is 13.4. The van der Waals surface area contributed by atoms with Gasteiger partial charge in [0.05, 0.1) is 5.75 Å². The molecule has 1 aliphatic carbocycles. The van der Waals surface area contributed by atoms with Crippen molar-refractivity contribution >= 4 is 32.5 Å². The highest BCUT2D eigenvalue weighted by Gasteiger charge is 2.33. The van der Waals surface area contributed by atoms with Crippen LogP contribution in [0.5, 0.6) is 0 Å². The van der Waals surface area contributed by atoms with E-state index in [1.807, 2.05) is 6.20 Å². The molecule has 3 heterocycles. The summed E-state index contributed by atoms with van der Waals surface area (Å²) in [5, 5.41) is 7.15. The Morgan fingerprint density at radius 3 is 2.45 bits per heavy atom. The number of carbonyl (C=O) groups excluding carboxylic acids is 1. The molecule has 1 aromatic heterocycles. The number of piperidine rings is 1. The molecule has 2 amide bonds. The maximum Gasteiger partial charge on any atom is 0.324 e. The van der Waals surface area contributed by atoms with Crippen LogP contribution in [-0.4, -0.2) is 90.6 Å². The van der Waals surface area contributed by atoms with Crippen molar-refractivity contribution in [2.75, 3.05) is 50.3 Å². The van der Waals surface area contributed by atoms with E-state index in [0.717, 1.165) is 50.2 Å². The van der Waals surface area contributed by atoms with E-state index >= 15 is 0 Å². The lowest BCUT2D eigenvalue weighted by molar-refractivity contribution is 0.117. The quantitative estimate of drug-likeness (QED) is 0.600. The van der Waals surface area contributed by atoms with Crippen LogP contribution in [0.25, 0.3) is 0 Å². The fraction of sp³-hybridized carbons (Fsp3) is 0.818. The molecule has 4 rings (SSSR count). The van der Waals surface area contributed by atoms with Gasteiger partial charge in [-0.3, -0.25) is 10.2 Å². The average Bonchev–Trinajstić information content (AvgIpc) is 3.27. The maximum absolute atomic E-state index is 13.4. The number of aromatic nitrogens is 1. The van der Waals surface area contributed by atoms with Gasteiger partial charge in [0.2, 0.25) is 10.0 Å². The van der Waals surface area contributed by atoms with Crippen LogP contribution < -0.4 is 10.6 Å². The summed E-state index contributed by atoms with van der Waals surface area (Å²) < 4.78 is 25.7. The molecule has 3 aliphatic rings. The van der Waals surface area contributed by atoms with Gasteiger partial charge in [0.15, 0.2) is 5.13 Å². The molecule has 1 saturated carbocycles. The zero-order valence-corrected chi connectivity index (χ0v) is 21.3. The van der Waals surface area contributed by atoms with Crippen molar-refractivity contribution in [2.24, 2.45) is 0 Å². The van der Waals surface area contributed by atoms with E-state index < -0.39 is 10.0 Å². The number of hydrogen-bond acceptors (Lipinski definition) is 7. The van der Waals surface area contributed by atoms with E-state index in [1.165, 1.54) is 30.6 Å². The van der Waals surface area contributed by atoms with Crippen molar-refractivity contribution in [2.45, 2.75) is 70.5 Å². The molecule has 33 heavy (non-hydrogen) atoms. The predicted molar refractivity (Wildman–Crippen MR) is 132 cm³/mol. The molecule has 2 N–H and O–H groups in total. The van der Waals surface area contributed by atoms with Crippen LogP contribution in [0, 0.1) is 0 Å². The van der Waals surface area contributed by atoms with E-state index in [9.17, 15) is 13.2 Å². The van der Waals surface area contributed by atoms with Gasteiger partial charge in [-0.25, -0.2) is 18.2 Å². The third-order valence-electron chi connectivity index (χ3n) is 7.14. The molecule has 0 spiro atoms. The van der Waals surface area contributed by atoms with E-state index in [2.05, 4.69) is 25.4 Å². The molecule has 186 valence electrons. The normalized spacial score (nSPS) is 22.3. The smallest absolute Gasteiger partial charge is 0.318 e. The lowest BCUT2D eigenvalue weighted by atomic mass is 9.92. The van der Waals surface area contributed by atoms with Gasteiger partial charge in [-0.05, 0) is 45.7 Å². The highest BCUT2D eigenvalue weighted by molar-refractivity contribution is 7.89. The first-order chi connectivity index (χ1) is 16.0. The number of amides is 2. The Morgan fingerprint density at radius 1 is 1.12 bits per heavy atom. The number of sulfonamides is 1. The van der Waals surface area contributed by atoms with Gasteiger partial charge < -0.3 is 10.2 Å². The van der Waals surface area contributed by atoms with Crippen molar-refractivity contribution in [3.05, 3.63) is 11.1 Å². The van der Waals surface area contributed by atoms with E-state index in [0.29, 0.717) is 43.4 Å². The van der Waals surface area contributed by atoms with Crippen molar-refractivity contribution in [3.63, 3.8) is 0 Å². The third-order valence-corrected chi connectivity index (χ3v) is 9.92. The summed E-state index contributed by atoms with van der Waals surface area (Å²) in [5.74, 6) is 0.153. The summed E-state index contributed by atoms with van der Waals surface area (Å²) in [6.45, 7) is 6.85. The first-order valence-electron chi connectivity index (χ1n) is 12.4. The zero-order valence-electron chi connectivity index (χ0n) is 19.7. The number of urea groups is 1. The number of carbonyl (C=O) groups is 1. The Kier molecular flexibility index (Phi) is 8.61. The first kappa shape index (κ1) is 24.8. The summed E-state index contributed by atoms with van der Waals surface area (Å²) in [7, 11) is -3.11. The molecule has 11 heteroatoms. The number of nitrogens with one attached hydrogen (secondary N) is 2. The first-order valence-corrected chi connectivity index (χ1v) is 14.8. The van der Waals surface area contributed by atoms with Gasteiger partial charge in [-0.2, -0.15) is 4.31 Å². The molecule has 0 radical (unpaired) electrons. The van der Waals surface area contributed by atoms with E-state index in [1.54, 1.807) is 11.2 Å². The minimum absolute atomic E-state index is 0.00640. The predicted octanol–water partition coefficient (Wildman–Crippen LogP) is 2.53. The molecule has 0 aromatic carbocycles. The molecular formula is C22H38N6O3S2.